The zero-order valence-corrected chi connectivity index (χ0v) is 9.28. The van der Waals surface area contributed by atoms with Gasteiger partial charge in [-0.25, -0.2) is 0 Å². The van der Waals surface area contributed by atoms with Gasteiger partial charge in [0.05, 0.1) is 17.6 Å². The number of nitrogens with zero attached hydrogens (tertiary/aromatic N) is 1. The van der Waals surface area contributed by atoms with E-state index in [2.05, 4.69) is 6.07 Å². The maximum Gasteiger partial charge on any atom is 0.159 e. The van der Waals surface area contributed by atoms with Gasteiger partial charge in [0, 0.05) is 20.6 Å². The van der Waals surface area contributed by atoms with Gasteiger partial charge in [0.1, 0.15) is 0 Å². The van der Waals surface area contributed by atoms with Crippen molar-refractivity contribution in [3.63, 3.8) is 0 Å². The highest BCUT2D eigenvalue weighted by Gasteiger charge is 2.33. The molecule has 0 aromatic heterocycles. The second kappa shape index (κ2) is 5.97. The summed E-state index contributed by atoms with van der Waals surface area (Å²) in [5, 5.41) is 18.9. The van der Waals surface area contributed by atoms with Gasteiger partial charge in [-0.1, -0.05) is 6.92 Å². The summed E-state index contributed by atoms with van der Waals surface area (Å²) in [4.78, 5) is 0. The van der Waals surface area contributed by atoms with Crippen molar-refractivity contribution >= 4 is 0 Å². The molecule has 0 aliphatic carbocycles. The first kappa shape index (κ1) is 13.4. The Morgan fingerprint density at radius 1 is 1.43 bits per heavy atom. The van der Waals surface area contributed by atoms with Crippen LogP contribution in [-0.2, 0) is 9.47 Å². The van der Waals surface area contributed by atoms with Gasteiger partial charge in [0.25, 0.3) is 0 Å². The van der Waals surface area contributed by atoms with Crippen LogP contribution in [0.15, 0.2) is 0 Å². The molecule has 2 atom stereocenters. The monoisotopic (exact) mass is 201 g/mol. The third-order valence-electron chi connectivity index (χ3n) is 2.42. The lowest BCUT2D eigenvalue weighted by atomic mass is 9.85. The Morgan fingerprint density at radius 2 is 1.93 bits per heavy atom. The molecule has 0 saturated carbocycles. The van der Waals surface area contributed by atoms with Gasteiger partial charge in [0.15, 0.2) is 6.29 Å². The fourth-order valence-electron chi connectivity index (χ4n) is 1.41. The number of hydrogen-bond acceptors (Lipinski definition) is 4. The van der Waals surface area contributed by atoms with Gasteiger partial charge < -0.3 is 14.6 Å². The molecule has 0 amide bonds. The molecule has 4 heteroatoms. The van der Waals surface area contributed by atoms with Crippen molar-refractivity contribution in [3.05, 3.63) is 0 Å². The minimum Gasteiger partial charge on any atom is -0.389 e. The SMILES string of the molecule is CCC(C#N)C(C)(O)CC(OC)OC. The molecule has 0 saturated heterocycles. The summed E-state index contributed by atoms with van der Waals surface area (Å²) in [6, 6.07) is 2.08. The lowest BCUT2D eigenvalue weighted by molar-refractivity contribution is -0.147. The predicted molar refractivity (Wildman–Crippen MR) is 52.4 cm³/mol. The van der Waals surface area contributed by atoms with Gasteiger partial charge in [0.2, 0.25) is 0 Å². The standard InChI is InChI=1S/C10H19NO3/c1-5-8(7-11)10(2,12)6-9(13-3)14-4/h8-9,12H,5-6H2,1-4H3. The molecule has 0 rings (SSSR count). The van der Waals surface area contributed by atoms with Crippen LogP contribution in [0.25, 0.3) is 0 Å². The number of methoxy groups -OCH3 is 2. The molecule has 14 heavy (non-hydrogen) atoms. The van der Waals surface area contributed by atoms with Crippen molar-refractivity contribution in [3.8, 4) is 6.07 Å². The normalized spacial score (nSPS) is 17.5. The van der Waals surface area contributed by atoms with E-state index in [4.69, 9.17) is 14.7 Å². The van der Waals surface area contributed by atoms with Crippen LogP contribution in [0.2, 0.25) is 0 Å². The number of nitriles is 1. The molecule has 0 fully saturated rings. The average Bonchev–Trinajstić information content (AvgIpc) is 2.15. The van der Waals surface area contributed by atoms with Crippen molar-refractivity contribution in [1.29, 1.82) is 5.26 Å². The third kappa shape index (κ3) is 3.62. The molecule has 1 N–H and O–H groups in total. The van der Waals surface area contributed by atoms with E-state index in [1.807, 2.05) is 6.92 Å². The Hall–Kier alpha value is -0.630. The summed E-state index contributed by atoms with van der Waals surface area (Å²) in [7, 11) is 3.02. The lowest BCUT2D eigenvalue weighted by Gasteiger charge is -2.30. The highest BCUT2D eigenvalue weighted by Crippen LogP contribution is 2.25. The van der Waals surface area contributed by atoms with Gasteiger partial charge in [-0.15, -0.1) is 0 Å². The first-order valence-electron chi connectivity index (χ1n) is 4.69. The molecule has 4 nitrogen and oxygen atoms in total. The highest BCUT2D eigenvalue weighted by molar-refractivity contribution is 4.95. The minimum absolute atomic E-state index is 0.298. The van der Waals surface area contributed by atoms with Gasteiger partial charge in [-0.05, 0) is 13.3 Å². The van der Waals surface area contributed by atoms with Crippen LogP contribution in [0.5, 0.6) is 0 Å². The number of aliphatic hydroxyl groups is 1. The number of hydrogen-bond donors (Lipinski definition) is 1. The third-order valence-corrected chi connectivity index (χ3v) is 2.42. The fourth-order valence-corrected chi connectivity index (χ4v) is 1.41. The zero-order chi connectivity index (χ0) is 11.2. The van der Waals surface area contributed by atoms with Crippen molar-refractivity contribution in [2.75, 3.05) is 14.2 Å². The van der Waals surface area contributed by atoms with Crippen molar-refractivity contribution in [2.45, 2.75) is 38.6 Å². The molecule has 0 aliphatic heterocycles. The first-order chi connectivity index (χ1) is 6.51. The summed E-state index contributed by atoms with van der Waals surface area (Å²) >= 11 is 0. The van der Waals surface area contributed by atoms with Crippen LogP contribution < -0.4 is 0 Å². The predicted octanol–water partition coefficient (Wildman–Crippen LogP) is 1.30. The Labute approximate surface area is 85.4 Å². The molecule has 82 valence electrons. The average molecular weight is 201 g/mol. The number of rotatable bonds is 6. The molecule has 0 aliphatic rings. The van der Waals surface area contributed by atoms with E-state index in [-0.39, 0.29) is 0 Å². The Balaban J connectivity index is 4.38. The van der Waals surface area contributed by atoms with Crippen LogP contribution >= 0.6 is 0 Å². The van der Waals surface area contributed by atoms with Crippen LogP contribution in [0.1, 0.15) is 26.7 Å². The van der Waals surface area contributed by atoms with E-state index in [0.29, 0.717) is 12.8 Å². The Bertz CT molecular complexity index is 194. The maximum absolute atomic E-state index is 10.0. The quantitative estimate of drug-likeness (QED) is 0.658. The van der Waals surface area contributed by atoms with E-state index >= 15 is 0 Å². The van der Waals surface area contributed by atoms with Crippen LogP contribution in [-0.4, -0.2) is 31.2 Å². The molecule has 2 unspecified atom stereocenters. The summed E-state index contributed by atoms with van der Waals surface area (Å²) in [6.45, 7) is 3.51. The maximum atomic E-state index is 10.0. The van der Waals surface area contributed by atoms with Crippen molar-refractivity contribution < 1.29 is 14.6 Å². The minimum atomic E-state index is -1.07. The fraction of sp³-hybridized carbons (Fsp3) is 0.900. The Kier molecular flexibility index (Phi) is 5.70. The molecule has 0 spiro atoms. The van der Waals surface area contributed by atoms with E-state index in [9.17, 15) is 5.11 Å². The van der Waals surface area contributed by atoms with Crippen LogP contribution in [0.4, 0.5) is 0 Å². The van der Waals surface area contributed by atoms with Gasteiger partial charge in [-0.2, -0.15) is 5.26 Å². The van der Waals surface area contributed by atoms with Gasteiger partial charge >= 0.3 is 0 Å². The zero-order valence-electron chi connectivity index (χ0n) is 9.28. The molecule has 0 heterocycles. The molecular weight excluding hydrogens is 182 g/mol. The molecule has 0 aromatic rings. The highest BCUT2D eigenvalue weighted by atomic mass is 16.7. The van der Waals surface area contributed by atoms with Crippen molar-refractivity contribution in [1.82, 2.24) is 0 Å². The second-order valence-electron chi connectivity index (χ2n) is 3.55. The van der Waals surface area contributed by atoms with Crippen molar-refractivity contribution in [2.24, 2.45) is 5.92 Å². The largest absolute Gasteiger partial charge is 0.389 e. The van der Waals surface area contributed by atoms with E-state index in [0.717, 1.165) is 0 Å². The molecule has 0 aromatic carbocycles. The lowest BCUT2D eigenvalue weighted by Crippen LogP contribution is -2.38. The summed E-state index contributed by atoms with van der Waals surface area (Å²) < 4.78 is 9.97. The molecular formula is C10H19NO3. The molecule has 0 radical (unpaired) electrons. The van der Waals surface area contributed by atoms with Crippen LogP contribution in [0.3, 0.4) is 0 Å². The van der Waals surface area contributed by atoms with E-state index in [1.54, 1.807) is 6.92 Å². The number of ether oxygens (including phenoxy) is 2. The molecule has 0 bridgehead atoms. The topological polar surface area (TPSA) is 62.5 Å². The second-order valence-corrected chi connectivity index (χ2v) is 3.55. The van der Waals surface area contributed by atoms with Crippen LogP contribution in [0, 0.1) is 17.2 Å². The van der Waals surface area contributed by atoms with E-state index in [1.165, 1.54) is 14.2 Å². The van der Waals surface area contributed by atoms with E-state index < -0.39 is 17.8 Å². The summed E-state index contributed by atoms with van der Waals surface area (Å²) in [5.74, 6) is -0.393. The summed E-state index contributed by atoms with van der Waals surface area (Å²) in [6.07, 6.45) is 0.447. The Morgan fingerprint density at radius 3 is 2.21 bits per heavy atom. The first-order valence-corrected chi connectivity index (χ1v) is 4.69. The van der Waals surface area contributed by atoms with Gasteiger partial charge in [-0.3, -0.25) is 0 Å². The summed E-state index contributed by atoms with van der Waals surface area (Å²) in [5.41, 5.74) is -1.07. The smallest absolute Gasteiger partial charge is 0.159 e.